The highest BCUT2D eigenvalue weighted by molar-refractivity contribution is 5.76. The number of esters is 2. The fourth-order valence-electron chi connectivity index (χ4n) is 1.83. The molecule has 0 aromatic carbocycles. The third kappa shape index (κ3) is 8.88. The van der Waals surface area contributed by atoms with Gasteiger partial charge in [0.05, 0.1) is 6.61 Å². The van der Waals surface area contributed by atoms with E-state index in [4.69, 9.17) is 26.0 Å². The maximum absolute atomic E-state index is 12.0. The summed E-state index contributed by atoms with van der Waals surface area (Å²) >= 11 is 0. The Balaban J connectivity index is 4.47. The molecule has 0 aromatic rings. The van der Waals surface area contributed by atoms with Crippen molar-refractivity contribution in [1.29, 1.82) is 0 Å². The molecule has 2 unspecified atom stereocenters. The highest BCUT2D eigenvalue weighted by Crippen LogP contribution is 2.23. The summed E-state index contributed by atoms with van der Waals surface area (Å²) in [4.78, 5) is 23.6. The predicted octanol–water partition coefficient (Wildman–Crippen LogP) is 0.713. The number of carbonyl (C=O) groups is 2. The molecule has 0 rings (SSSR count). The van der Waals surface area contributed by atoms with Crippen molar-refractivity contribution < 1.29 is 24.2 Å². The molecule has 5 N–H and O–H groups in total. The van der Waals surface area contributed by atoms with Gasteiger partial charge in [0.1, 0.15) is 23.3 Å². The van der Waals surface area contributed by atoms with Gasteiger partial charge in [-0.05, 0) is 53.4 Å². The summed E-state index contributed by atoms with van der Waals surface area (Å²) in [6.07, 6.45) is 1.09. The Morgan fingerprint density at radius 2 is 1.57 bits per heavy atom. The van der Waals surface area contributed by atoms with E-state index in [9.17, 15) is 9.59 Å². The van der Waals surface area contributed by atoms with Crippen molar-refractivity contribution >= 4 is 11.9 Å². The van der Waals surface area contributed by atoms with E-state index in [1.165, 1.54) is 0 Å². The molecule has 0 aliphatic heterocycles. The number of carbonyl (C=O) groups excluding carboxylic acids is 2. The summed E-state index contributed by atoms with van der Waals surface area (Å²) < 4.78 is 10.6. The van der Waals surface area contributed by atoms with Crippen LogP contribution in [0.3, 0.4) is 0 Å². The largest absolute Gasteiger partial charge is 0.459 e. The average molecular weight is 332 g/mol. The van der Waals surface area contributed by atoms with Crippen molar-refractivity contribution in [3.63, 3.8) is 0 Å². The van der Waals surface area contributed by atoms with Crippen molar-refractivity contribution in [2.75, 3.05) is 6.61 Å². The molecule has 0 amide bonds. The van der Waals surface area contributed by atoms with Crippen molar-refractivity contribution in [3.05, 3.63) is 0 Å². The van der Waals surface area contributed by atoms with E-state index in [-0.39, 0.29) is 5.92 Å². The van der Waals surface area contributed by atoms with Gasteiger partial charge in [-0.15, -0.1) is 0 Å². The molecular weight excluding hydrogens is 300 g/mol. The molecular formula is C16H32N2O5. The van der Waals surface area contributed by atoms with Crippen LogP contribution in [-0.4, -0.2) is 46.9 Å². The van der Waals surface area contributed by atoms with E-state index in [0.29, 0.717) is 12.8 Å². The molecule has 136 valence electrons. The first kappa shape index (κ1) is 21.8. The highest BCUT2D eigenvalue weighted by atomic mass is 16.6. The Labute approximate surface area is 138 Å². The molecule has 7 heteroatoms. The highest BCUT2D eigenvalue weighted by Gasteiger charge is 2.30. The summed E-state index contributed by atoms with van der Waals surface area (Å²) in [5, 5.41) is 8.85. The second kappa shape index (κ2) is 8.61. The normalized spacial score (nSPS) is 16.4. The lowest BCUT2D eigenvalue weighted by Crippen LogP contribution is -2.43. The first-order chi connectivity index (χ1) is 10.3. The molecule has 0 fully saturated rings. The molecule has 0 saturated carbocycles. The second-order valence-electron chi connectivity index (χ2n) is 7.55. The Bertz CT molecular complexity index is 404. The van der Waals surface area contributed by atoms with Gasteiger partial charge in [0.15, 0.2) is 0 Å². The molecule has 0 spiro atoms. The van der Waals surface area contributed by atoms with Gasteiger partial charge in [-0.25, -0.2) is 0 Å². The van der Waals surface area contributed by atoms with Crippen molar-refractivity contribution in [2.24, 2.45) is 17.4 Å². The van der Waals surface area contributed by atoms with Crippen LogP contribution in [-0.2, 0) is 19.1 Å². The first-order valence-corrected chi connectivity index (χ1v) is 7.87. The molecule has 0 heterocycles. The zero-order chi connectivity index (χ0) is 18.4. The summed E-state index contributed by atoms with van der Waals surface area (Å²) in [5.74, 6) is -1.22. The van der Waals surface area contributed by atoms with Crippen LogP contribution in [0.25, 0.3) is 0 Å². The van der Waals surface area contributed by atoms with Gasteiger partial charge in [-0.2, -0.15) is 0 Å². The second-order valence-corrected chi connectivity index (χ2v) is 7.55. The number of nitrogens with two attached hydrogens (primary N) is 2. The minimum absolute atomic E-state index is 0.130. The maximum Gasteiger partial charge on any atom is 0.325 e. The molecule has 0 bridgehead atoms. The lowest BCUT2D eigenvalue weighted by atomic mass is 9.91. The number of aliphatic hydroxyl groups excluding tert-OH is 1. The third-order valence-electron chi connectivity index (χ3n) is 3.37. The fourth-order valence-corrected chi connectivity index (χ4v) is 1.83. The van der Waals surface area contributed by atoms with Gasteiger partial charge in [-0.3, -0.25) is 9.59 Å². The molecule has 0 aliphatic carbocycles. The van der Waals surface area contributed by atoms with Crippen LogP contribution >= 0.6 is 0 Å². The van der Waals surface area contributed by atoms with Gasteiger partial charge in [0.25, 0.3) is 0 Å². The van der Waals surface area contributed by atoms with Crippen LogP contribution in [0.1, 0.15) is 54.4 Å². The summed E-state index contributed by atoms with van der Waals surface area (Å²) in [6, 6.07) is -1.78. The minimum Gasteiger partial charge on any atom is -0.459 e. The Morgan fingerprint density at radius 3 is 2.00 bits per heavy atom. The van der Waals surface area contributed by atoms with Gasteiger partial charge >= 0.3 is 11.9 Å². The Morgan fingerprint density at radius 1 is 1.04 bits per heavy atom. The van der Waals surface area contributed by atoms with E-state index in [2.05, 4.69) is 0 Å². The van der Waals surface area contributed by atoms with Crippen LogP contribution in [0.15, 0.2) is 0 Å². The minimum atomic E-state index is -1.05. The van der Waals surface area contributed by atoms with Crippen LogP contribution < -0.4 is 11.5 Å². The SMILES string of the molecule is CC(CCC(C)(C)OC(=O)C(N)CO)[C@@H](N)C(=O)OC(C)(C)C. The Hall–Kier alpha value is -1.18. The number of hydrogen-bond donors (Lipinski definition) is 3. The smallest absolute Gasteiger partial charge is 0.325 e. The average Bonchev–Trinajstić information content (AvgIpc) is 2.40. The number of ether oxygens (including phenoxy) is 2. The fraction of sp³-hybridized carbons (Fsp3) is 0.875. The predicted molar refractivity (Wildman–Crippen MR) is 87.5 cm³/mol. The summed E-state index contributed by atoms with van der Waals surface area (Å²) in [5.41, 5.74) is 10.0. The van der Waals surface area contributed by atoms with E-state index in [1.54, 1.807) is 34.6 Å². The lowest BCUT2D eigenvalue weighted by molar-refractivity contribution is -0.161. The van der Waals surface area contributed by atoms with Gasteiger partial charge < -0.3 is 26.0 Å². The number of aliphatic hydroxyl groups is 1. The standard InChI is InChI=1S/C16H32N2O5/c1-10(12(18)14(21)22-15(2,3)4)7-8-16(5,6)23-13(20)11(17)9-19/h10-12,19H,7-9,17-18H2,1-6H3/t10?,11?,12-/m1/s1. The molecule has 0 aliphatic rings. The van der Waals surface area contributed by atoms with Crippen molar-refractivity contribution in [2.45, 2.75) is 77.7 Å². The Kier molecular flexibility index (Phi) is 8.17. The van der Waals surface area contributed by atoms with Crippen LogP contribution in [0.2, 0.25) is 0 Å². The monoisotopic (exact) mass is 332 g/mol. The molecule has 0 aromatic heterocycles. The third-order valence-corrected chi connectivity index (χ3v) is 3.37. The zero-order valence-electron chi connectivity index (χ0n) is 15.1. The zero-order valence-corrected chi connectivity index (χ0v) is 15.1. The van der Waals surface area contributed by atoms with Crippen LogP contribution in [0.4, 0.5) is 0 Å². The summed E-state index contributed by atoms with van der Waals surface area (Å²) in [7, 11) is 0. The molecule has 23 heavy (non-hydrogen) atoms. The number of hydrogen-bond acceptors (Lipinski definition) is 7. The molecule has 0 saturated heterocycles. The quantitative estimate of drug-likeness (QED) is 0.559. The lowest BCUT2D eigenvalue weighted by Gasteiger charge is -2.29. The molecule has 7 nitrogen and oxygen atoms in total. The molecule has 0 radical (unpaired) electrons. The van der Waals surface area contributed by atoms with Crippen LogP contribution in [0.5, 0.6) is 0 Å². The van der Waals surface area contributed by atoms with Crippen LogP contribution in [0, 0.1) is 5.92 Å². The van der Waals surface area contributed by atoms with E-state index in [0.717, 1.165) is 0 Å². The number of rotatable bonds is 8. The van der Waals surface area contributed by atoms with E-state index in [1.807, 2.05) is 6.92 Å². The van der Waals surface area contributed by atoms with Crippen molar-refractivity contribution in [1.82, 2.24) is 0 Å². The van der Waals surface area contributed by atoms with Crippen molar-refractivity contribution in [3.8, 4) is 0 Å². The van der Waals surface area contributed by atoms with Gasteiger partial charge in [-0.1, -0.05) is 6.92 Å². The van der Waals surface area contributed by atoms with Gasteiger partial charge in [0, 0.05) is 0 Å². The summed E-state index contributed by atoms with van der Waals surface area (Å²) in [6.45, 7) is 10.3. The van der Waals surface area contributed by atoms with E-state index >= 15 is 0 Å². The topological polar surface area (TPSA) is 125 Å². The van der Waals surface area contributed by atoms with E-state index < -0.39 is 41.8 Å². The van der Waals surface area contributed by atoms with Gasteiger partial charge in [0.2, 0.25) is 0 Å². The maximum atomic E-state index is 12.0. The molecule has 3 atom stereocenters. The first-order valence-electron chi connectivity index (χ1n) is 7.87.